The topological polar surface area (TPSA) is 48.3 Å². The summed E-state index contributed by atoms with van der Waals surface area (Å²) >= 11 is 0. The zero-order valence-corrected chi connectivity index (χ0v) is 13.6. The Kier molecular flexibility index (Phi) is 4.08. The lowest BCUT2D eigenvalue weighted by molar-refractivity contribution is -0.0965. The van der Waals surface area contributed by atoms with Crippen molar-refractivity contribution < 1.29 is 9.47 Å². The molecule has 5 heteroatoms. The van der Waals surface area contributed by atoms with Crippen LogP contribution in [0.1, 0.15) is 55.2 Å². The molecule has 1 aromatic heterocycles. The highest BCUT2D eigenvalue weighted by atomic mass is 16.6. The Morgan fingerprint density at radius 1 is 1.38 bits per heavy atom. The normalized spacial score (nSPS) is 31.0. The molecule has 118 valence electrons. The Morgan fingerprint density at radius 3 is 2.86 bits per heavy atom. The van der Waals surface area contributed by atoms with Crippen LogP contribution in [0.15, 0.2) is 0 Å². The van der Waals surface area contributed by atoms with Gasteiger partial charge in [-0.3, -0.25) is 4.68 Å². The fraction of sp³-hybridized carbons (Fsp3) is 0.812. The number of hydrogen-bond donors (Lipinski definition) is 1. The first kappa shape index (κ1) is 15.0. The van der Waals surface area contributed by atoms with Gasteiger partial charge in [0.05, 0.1) is 23.9 Å². The Balaban J connectivity index is 1.86. The van der Waals surface area contributed by atoms with Crippen molar-refractivity contribution >= 4 is 0 Å². The number of aromatic nitrogens is 2. The molecular formula is C16H27N3O2. The van der Waals surface area contributed by atoms with Gasteiger partial charge < -0.3 is 14.8 Å². The second kappa shape index (κ2) is 5.71. The van der Waals surface area contributed by atoms with Crippen molar-refractivity contribution in [1.29, 1.82) is 0 Å². The molecule has 1 spiro atoms. The lowest BCUT2D eigenvalue weighted by atomic mass is 9.89. The first-order valence-corrected chi connectivity index (χ1v) is 8.01. The first-order chi connectivity index (χ1) is 10.1. The van der Waals surface area contributed by atoms with Crippen molar-refractivity contribution in [3.05, 3.63) is 17.0 Å². The average Bonchev–Trinajstić information content (AvgIpc) is 3.03. The van der Waals surface area contributed by atoms with E-state index in [4.69, 9.17) is 14.6 Å². The molecule has 2 fully saturated rings. The third-order valence-corrected chi connectivity index (χ3v) is 5.13. The molecule has 0 bridgehead atoms. The molecule has 3 heterocycles. The highest BCUT2D eigenvalue weighted by Crippen LogP contribution is 2.39. The van der Waals surface area contributed by atoms with E-state index in [-0.39, 0.29) is 5.60 Å². The molecule has 0 aromatic carbocycles. The summed E-state index contributed by atoms with van der Waals surface area (Å²) in [5, 5.41) is 8.17. The third kappa shape index (κ3) is 2.62. The summed E-state index contributed by atoms with van der Waals surface area (Å²) in [7, 11) is 2.00. The van der Waals surface area contributed by atoms with Gasteiger partial charge in [0.25, 0.3) is 0 Å². The number of hydrogen-bond acceptors (Lipinski definition) is 4. The summed E-state index contributed by atoms with van der Waals surface area (Å²) in [6, 6.07) is 0.763. The predicted molar refractivity (Wildman–Crippen MR) is 81.6 cm³/mol. The summed E-state index contributed by atoms with van der Waals surface area (Å²) < 4.78 is 13.9. The molecule has 3 atom stereocenters. The molecule has 3 unspecified atom stereocenters. The molecule has 0 aliphatic carbocycles. The number of nitrogens with zero attached hydrogens (tertiary/aromatic N) is 2. The van der Waals surface area contributed by atoms with Crippen LogP contribution in [0.3, 0.4) is 0 Å². The Hall–Kier alpha value is -0.910. The first-order valence-electron chi connectivity index (χ1n) is 8.01. The van der Waals surface area contributed by atoms with Crippen molar-refractivity contribution in [2.75, 3.05) is 26.9 Å². The molecule has 5 nitrogen and oxygen atoms in total. The third-order valence-electron chi connectivity index (χ3n) is 5.13. The van der Waals surface area contributed by atoms with E-state index in [1.54, 1.807) is 0 Å². The van der Waals surface area contributed by atoms with E-state index in [9.17, 15) is 0 Å². The molecule has 3 rings (SSSR count). The summed E-state index contributed by atoms with van der Waals surface area (Å²) in [6.07, 6.45) is 3.07. The Bertz CT molecular complexity index is 506. The lowest BCUT2D eigenvalue weighted by Gasteiger charge is -2.37. The van der Waals surface area contributed by atoms with Gasteiger partial charge in [0.15, 0.2) is 0 Å². The lowest BCUT2D eigenvalue weighted by Crippen LogP contribution is -2.41. The molecular weight excluding hydrogens is 266 g/mol. The van der Waals surface area contributed by atoms with E-state index in [0.29, 0.717) is 12.1 Å². The summed E-state index contributed by atoms with van der Waals surface area (Å²) in [5.41, 5.74) is 3.69. The molecule has 0 radical (unpaired) electrons. The highest BCUT2D eigenvalue weighted by molar-refractivity contribution is 5.28. The molecule has 2 saturated heterocycles. The van der Waals surface area contributed by atoms with Gasteiger partial charge in [0.1, 0.15) is 0 Å². The van der Waals surface area contributed by atoms with Crippen LogP contribution in [-0.2, 0) is 9.47 Å². The molecule has 21 heavy (non-hydrogen) atoms. The molecule has 2 aliphatic heterocycles. The fourth-order valence-electron chi connectivity index (χ4n) is 3.88. The zero-order chi connectivity index (χ0) is 15.0. The number of rotatable bonds is 3. The van der Waals surface area contributed by atoms with Crippen molar-refractivity contribution in [2.24, 2.45) is 0 Å². The van der Waals surface area contributed by atoms with Gasteiger partial charge in [-0.1, -0.05) is 0 Å². The molecule has 1 aromatic rings. The highest BCUT2D eigenvalue weighted by Gasteiger charge is 2.42. The van der Waals surface area contributed by atoms with E-state index in [1.807, 2.05) is 7.05 Å². The SMILES string of the molecule is CNC(C)c1c(C)nn(C2CCOC3(CCOC3)C2)c1C. The molecule has 1 N–H and O–H groups in total. The van der Waals surface area contributed by atoms with E-state index >= 15 is 0 Å². The monoisotopic (exact) mass is 293 g/mol. The van der Waals surface area contributed by atoms with Crippen LogP contribution in [-0.4, -0.2) is 42.2 Å². The second-order valence-corrected chi connectivity index (χ2v) is 6.52. The van der Waals surface area contributed by atoms with Crippen LogP contribution in [0.25, 0.3) is 0 Å². The number of ether oxygens (including phenoxy) is 2. The largest absolute Gasteiger partial charge is 0.378 e. The maximum atomic E-state index is 6.05. The van der Waals surface area contributed by atoms with Crippen molar-refractivity contribution in [3.8, 4) is 0 Å². The fourth-order valence-corrected chi connectivity index (χ4v) is 3.88. The van der Waals surface area contributed by atoms with E-state index in [2.05, 4.69) is 30.8 Å². The van der Waals surface area contributed by atoms with Gasteiger partial charge in [-0.25, -0.2) is 0 Å². The van der Waals surface area contributed by atoms with E-state index < -0.39 is 0 Å². The van der Waals surface area contributed by atoms with E-state index in [1.165, 1.54) is 11.3 Å². The quantitative estimate of drug-likeness (QED) is 0.929. The molecule has 0 saturated carbocycles. The minimum absolute atomic E-state index is 0.0655. The van der Waals surface area contributed by atoms with E-state index in [0.717, 1.165) is 44.8 Å². The number of nitrogens with one attached hydrogen (secondary N) is 1. The summed E-state index contributed by atoms with van der Waals surface area (Å²) in [4.78, 5) is 0. The van der Waals surface area contributed by atoms with Gasteiger partial charge in [-0.05, 0) is 34.2 Å². The van der Waals surface area contributed by atoms with Crippen LogP contribution >= 0.6 is 0 Å². The van der Waals surface area contributed by atoms with Crippen molar-refractivity contribution in [2.45, 2.75) is 57.7 Å². The predicted octanol–water partition coefficient (Wildman–Crippen LogP) is 2.29. The average molecular weight is 293 g/mol. The van der Waals surface area contributed by atoms with Gasteiger partial charge in [-0.2, -0.15) is 5.10 Å². The molecule has 0 amide bonds. The van der Waals surface area contributed by atoms with Crippen LogP contribution in [0.4, 0.5) is 0 Å². The number of aryl methyl sites for hydroxylation is 1. The maximum Gasteiger partial charge on any atom is 0.0957 e. The van der Waals surface area contributed by atoms with Gasteiger partial charge in [-0.15, -0.1) is 0 Å². The molecule has 2 aliphatic rings. The minimum Gasteiger partial charge on any atom is -0.378 e. The van der Waals surface area contributed by atoms with Crippen LogP contribution < -0.4 is 5.32 Å². The summed E-state index contributed by atoms with van der Waals surface area (Å²) in [6.45, 7) is 8.87. The van der Waals surface area contributed by atoms with Gasteiger partial charge in [0, 0.05) is 43.4 Å². The Morgan fingerprint density at radius 2 is 2.19 bits per heavy atom. The maximum absolute atomic E-state index is 6.05. The van der Waals surface area contributed by atoms with Gasteiger partial charge >= 0.3 is 0 Å². The van der Waals surface area contributed by atoms with Gasteiger partial charge in [0.2, 0.25) is 0 Å². The van der Waals surface area contributed by atoms with Crippen LogP contribution in [0.5, 0.6) is 0 Å². The van der Waals surface area contributed by atoms with Crippen LogP contribution in [0.2, 0.25) is 0 Å². The smallest absolute Gasteiger partial charge is 0.0957 e. The Labute approximate surface area is 127 Å². The van der Waals surface area contributed by atoms with Crippen molar-refractivity contribution in [1.82, 2.24) is 15.1 Å². The standard InChI is InChI=1S/C16H27N3O2/c1-11(17-4)15-12(2)18-19(13(15)3)14-5-7-21-16(9-14)6-8-20-10-16/h11,14,17H,5-10H2,1-4H3. The van der Waals surface area contributed by atoms with Crippen LogP contribution in [0, 0.1) is 13.8 Å². The summed E-state index contributed by atoms with van der Waals surface area (Å²) in [5.74, 6) is 0. The minimum atomic E-state index is -0.0655. The van der Waals surface area contributed by atoms with Crippen molar-refractivity contribution in [3.63, 3.8) is 0 Å². The second-order valence-electron chi connectivity index (χ2n) is 6.52. The zero-order valence-electron chi connectivity index (χ0n) is 13.6.